The fourth-order valence-electron chi connectivity index (χ4n) is 3.09. The topological polar surface area (TPSA) is 60.1 Å². The fourth-order valence-corrected chi connectivity index (χ4v) is 3.09. The van der Waals surface area contributed by atoms with Crippen molar-refractivity contribution in [3.05, 3.63) is 51.9 Å². The minimum atomic E-state index is -0.0459. The normalized spacial score (nSPS) is 12.1. The summed E-state index contributed by atoms with van der Waals surface area (Å²) in [5.74, 6) is 0. The van der Waals surface area contributed by atoms with E-state index in [0.717, 1.165) is 27.9 Å². The van der Waals surface area contributed by atoms with E-state index in [4.69, 9.17) is 4.98 Å². The van der Waals surface area contributed by atoms with Gasteiger partial charge in [0.1, 0.15) is 0 Å². The second kappa shape index (κ2) is 6.15. The standard InChI is InChI=1S/C20H25N3O2/c1-13-6-7-14(11-24)10-15(13)16-8-9-17-18(21-16)22(5)19(25)23(17)12-20(2,3)4/h6-10,24H,11-12H2,1-5H3. The molecular weight excluding hydrogens is 314 g/mol. The summed E-state index contributed by atoms with van der Waals surface area (Å²) in [5, 5.41) is 9.39. The SMILES string of the molecule is Cc1ccc(CO)cc1-c1ccc2c(n1)n(C)c(=O)n2CC(C)(C)C. The molecule has 25 heavy (non-hydrogen) atoms. The highest BCUT2D eigenvalue weighted by atomic mass is 16.3. The number of rotatable bonds is 3. The number of hydrogen-bond donors (Lipinski definition) is 1. The highest BCUT2D eigenvalue weighted by Gasteiger charge is 2.19. The van der Waals surface area contributed by atoms with Gasteiger partial charge in [-0.25, -0.2) is 9.78 Å². The van der Waals surface area contributed by atoms with Gasteiger partial charge < -0.3 is 5.11 Å². The number of aliphatic hydroxyl groups is 1. The van der Waals surface area contributed by atoms with E-state index >= 15 is 0 Å². The van der Waals surface area contributed by atoms with Gasteiger partial charge in [-0.15, -0.1) is 0 Å². The van der Waals surface area contributed by atoms with Crippen molar-refractivity contribution >= 4 is 11.2 Å². The van der Waals surface area contributed by atoms with Gasteiger partial charge in [0.25, 0.3) is 0 Å². The lowest BCUT2D eigenvalue weighted by molar-refractivity contribution is 0.282. The number of pyridine rings is 1. The molecule has 0 radical (unpaired) electrons. The molecule has 5 nitrogen and oxygen atoms in total. The van der Waals surface area contributed by atoms with Crippen LogP contribution in [0.1, 0.15) is 31.9 Å². The number of benzene rings is 1. The Morgan fingerprint density at radius 1 is 1.16 bits per heavy atom. The van der Waals surface area contributed by atoms with Gasteiger partial charge in [0.05, 0.1) is 17.8 Å². The van der Waals surface area contributed by atoms with Crippen LogP contribution in [-0.4, -0.2) is 19.2 Å². The van der Waals surface area contributed by atoms with Gasteiger partial charge in [-0.2, -0.15) is 0 Å². The Morgan fingerprint density at radius 3 is 2.52 bits per heavy atom. The predicted molar refractivity (Wildman–Crippen MR) is 101 cm³/mol. The summed E-state index contributed by atoms with van der Waals surface area (Å²) in [6, 6.07) is 9.76. The van der Waals surface area contributed by atoms with Gasteiger partial charge in [0.2, 0.25) is 0 Å². The van der Waals surface area contributed by atoms with Gasteiger partial charge in [0, 0.05) is 19.2 Å². The van der Waals surface area contributed by atoms with E-state index < -0.39 is 0 Å². The maximum absolute atomic E-state index is 12.6. The predicted octanol–water partition coefficient (Wildman–Crippen LogP) is 3.25. The molecule has 1 aromatic carbocycles. The molecule has 132 valence electrons. The summed E-state index contributed by atoms with van der Waals surface area (Å²) >= 11 is 0. The first-order chi connectivity index (χ1) is 11.7. The Labute approximate surface area is 147 Å². The Bertz CT molecular complexity index is 991. The monoisotopic (exact) mass is 339 g/mol. The van der Waals surface area contributed by atoms with Crippen LogP contribution in [0.5, 0.6) is 0 Å². The number of nitrogens with zero attached hydrogens (tertiary/aromatic N) is 3. The molecule has 0 aliphatic rings. The number of aromatic nitrogens is 3. The molecule has 0 fully saturated rings. The largest absolute Gasteiger partial charge is 0.392 e. The van der Waals surface area contributed by atoms with Crippen LogP contribution in [0.4, 0.5) is 0 Å². The van der Waals surface area contributed by atoms with Crippen LogP contribution < -0.4 is 5.69 Å². The van der Waals surface area contributed by atoms with E-state index in [2.05, 4.69) is 20.8 Å². The van der Waals surface area contributed by atoms with E-state index in [9.17, 15) is 9.90 Å². The van der Waals surface area contributed by atoms with E-state index in [0.29, 0.717) is 12.2 Å². The first kappa shape index (κ1) is 17.4. The van der Waals surface area contributed by atoms with Crippen molar-refractivity contribution in [1.29, 1.82) is 0 Å². The Balaban J connectivity index is 2.19. The lowest BCUT2D eigenvalue weighted by atomic mass is 9.97. The molecule has 3 aromatic rings. The van der Waals surface area contributed by atoms with Crippen LogP contribution >= 0.6 is 0 Å². The molecular formula is C20H25N3O2. The van der Waals surface area contributed by atoms with Gasteiger partial charge in [-0.3, -0.25) is 9.13 Å². The van der Waals surface area contributed by atoms with E-state index in [1.54, 1.807) is 16.2 Å². The Morgan fingerprint density at radius 2 is 1.88 bits per heavy atom. The zero-order valence-electron chi connectivity index (χ0n) is 15.5. The van der Waals surface area contributed by atoms with Crippen molar-refractivity contribution in [2.75, 3.05) is 0 Å². The van der Waals surface area contributed by atoms with E-state index in [1.807, 2.05) is 37.3 Å². The lowest BCUT2D eigenvalue weighted by Gasteiger charge is -2.18. The second-order valence-electron chi connectivity index (χ2n) is 7.84. The van der Waals surface area contributed by atoms with Crippen molar-refractivity contribution in [2.45, 2.75) is 40.8 Å². The van der Waals surface area contributed by atoms with Crippen LogP contribution in [0, 0.1) is 12.3 Å². The third-order valence-corrected chi connectivity index (χ3v) is 4.37. The van der Waals surface area contributed by atoms with Crippen molar-refractivity contribution < 1.29 is 5.11 Å². The van der Waals surface area contributed by atoms with Gasteiger partial charge >= 0.3 is 5.69 Å². The third-order valence-electron chi connectivity index (χ3n) is 4.37. The molecule has 2 aromatic heterocycles. The summed E-state index contributed by atoms with van der Waals surface area (Å²) in [4.78, 5) is 17.4. The maximum atomic E-state index is 12.6. The number of fused-ring (bicyclic) bond motifs is 1. The molecule has 0 aliphatic heterocycles. The van der Waals surface area contributed by atoms with Gasteiger partial charge in [-0.05, 0) is 41.7 Å². The summed E-state index contributed by atoms with van der Waals surface area (Å²) in [6.07, 6.45) is 0. The van der Waals surface area contributed by atoms with E-state index in [-0.39, 0.29) is 17.7 Å². The lowest BCUT2D eigenvalue weighted by Crippen LogP contribution is -2.27. The van der Waals surface area contributed by atoms with Crippen LogP contribution in [0.25, 0.3) is 22.4 Å². The highest BCUT2D eigenvalue weighted by molar-refractivity contribution is 5.77. The summed E-state index contributed by atoms with van der Waals surface area (Å²) in [7, 11) is 1.76. The molecule has 5 heteroatoms. The van der Waals surface area contributed by atoms with Crippen LogP contribution in [0.2, 0.25) is 0 Å². The van der Waals surface area contributed by atoms with Gasteiger partial charge in [-0.1, -0.05) is 32.9 Å². The number of aliphatic hydroxyl groups excluding tert-OH is 1. The smallest absolute Gasteiger partial charge is 0.330 e. The number of hydrogen-bond acceptors (Lipinski definition) is 3. The minimum absolute atomic E-state index is 0.00280. The van der Waals surface area contributed by atoms with Crippen LogP contribution in [0.3, 0.4) is 0 Å². The second-order valence-corrected chi connectivity index (χ2v) is 7.84. The van der Waals surface area contributed by atoms with Crippen LogP contribution in [0.15, 0.2) is 35.1 Å². The summed E-state index contributed by atoms with van der Waals surface area (Å²) in [5.41, 5.74) is 5.21. The molecule has 0 atom stereocenters. The average molecular weight is 339 g/mol. The molecule has 0 aliphatic carbocycles. The molecule has 2 heterocycles. The van der Waals surface area contributed by atoms with Crippen molar-refractivity contribution in [3.8, 4) is 11.3 Å². The third kappa shape index (κ3) is 3.24. The van der Waals surface area contributed by atoms with Crippen LogP contribution in [-0.2, 0) is 20.2 Å². The minimum Gasteiger partial charge on any atom is -0.392 e. The summed E-state index contributed by atoms with van der Waals surface area (Å²) in [6.45, 7) is 9.00. The Hall–Kier alpha value is -2.40. The van der Waals surface area contributed by atoms with Crippen molar-refractivity contribution in [2.24, 2.45) is 12.5 Å². The molecule has 3 rings (SSSR count). The average Bonchev–Trinajstić information content (AvgIpc) is 2.78. The number of aryl methyl sites for hydroxylation is 2. The zero-order valence-corrected chi connectivity index (χ0v) is 15.5. The first-order valence-electron chi connectivity index (χ1n) is 8.48. The van der Waals surface area contributed by atoms with Crippen molar-refractivity contribution in [1.82, 2.24) is 14.1 Å². The highest BCUT2D eigenvalue weighted by Crippen LogP contribution is 2.26. The Kier molecular flexibility index (Phi) is 4.29. The molecule has 1 N–H and O–H groups in total. The molecule has 0 bridgehead atoms. The zero-order chi connectivity index (χ0) is 18.4. The maximum Gasteiger partial charge on any atom is 0.330 e. The fraction of sp³-hybridized carbons (Fsp3) is 0.400. The molecule has 0 amide bonds. The molecule has 0 saturated heterocycles. The molecule has 0 spiro atoms. The van der Waals surface area contributed by atoms with E-state index in [1.165, 1.54) is 0 Å². The first-order valence-corrected chi connectivity index (χ1v) is 8.48. The molecule has 0 unspecified atom stereocenters. The van der Waals surface area contributed by atoms with Crippen molar-refractivity contribution in [3.63, 3.8) is 0 Å². The number of imidazole rings is 1. The van der Waals surface area contributed by atoms with Gasteiger partial charge in [0.15, 0.2) is 5.65 Å². The quantitative estimate of drug-likeness (QED) is 0.797. The summed E-state index contributed by atoms with van der Waals surface area (Å²) < 4.78 is 3.40. The molecule has 0 saturated carbocycles.